The molecule has 2 fully saturated rings. The highest BCUT2D eigenvalue weighted by molar-refractivity contribution is 5.81. The van der Waals surface area contributed by atoms with E-state index in [1.165, 1.54) is 12.8 Å². The third-order valence-electron chi connectivity index (χ3n) is 6.23. The van der Waals surface area contributed by atoms with Crippen LogP contribution in [0.15, 0.2) is 0 Å². The van der Waals surface area contributed by atoms with Crippen LogP contribution in [0.1, 0.15) is 38.5 Å². The van der Waals surface area contributed by atoms with Gasteiger partial charge in [0.05, 0.1) is 26.4 Å². The van der Waals surface area contributed by atoms with Crippen molar-refractivity contribution in [3.8, 4) is 0 Å². The highest BCUT2D eigenvalue weighted by Crippen LogP contribution is 2.40. The van der Waals surface area contributed by atoms with Crippen molar-refractivity contribution >= 4 is 23.3 Å². The van der Waals surface area contributed by atoms with Gasteiger partial charge in [0.15, 0.2) is 11.6 Å². The maximum absolute atomic E-state index is 9.72. The molecular formula is C22H40N6O4. The maximum atomic E-state index is 9.72. The van der Waals surface area contributed by atoms with Crippen molar-refractivity contribution in [2.75, 3.05) is 98.4 Å². The lowest BCUT2D eigenvalue weighted by atomic mass is 10.1. The smallest absolute Gasteiger partial charge is 0.229 e. The summed E-state index contributed by atoms with van der Waals surface area (Å²) < 4.78 is 0. The van der Waals surface area contributed by atoms with Gasteiger partial charge in [-0.15, -0.1) is 0 Å². The molecule has 1 aromatic rings. The minimum absolute atomic E-state index is 0.0468. The van der Waals surface area contributed by atoms with E-state index in [0.29, 0.717) is 37.9 Å². The van der Waals surface area contributed by atoms with E-state index in [0.717, 1.165) is 63.4 Å². The number of aliphatic hydroxyl groups is 4. The first kappa shape index (κ1) is 24.8. The van der Waals surface area contributed by atoms with Crippen LogP contribution in [-0.4, -0.2) is 109 Å². The van der Waals surface area contributed by atoms with Gasteiger partial charge in [0.1, 0.15) is 5.69 Å². The second kappa shape index (κ2) is 13.0. The zero-order chi connectivity index (χ0) is 22.8. The highest BCUT2D eigenvalue weighted by Gasteiger charge is 2.29. The SMILES string of the molecule is OCCN(CCO)c1nc(N(CCO)CCO)c(N2CCCCC2)c(N2CCCCC2)n1. The summed E-state index contributed by atoms with van der Waals surface area (Å²) in [5.41, 5.74) is 0.977. The minimum atomic E-state index is -0.0669. The van der Waals surface area contributed by atoms with Crippen LogP contribution >= 0.6 is 0 Å². The van der Waals surface area contributed by atoms with Crippen LogP contribution in [-0.2, 0) is 0 Å². The molecule has 2 aliphatic rings. The van der Waals surface area contributed by atoms with Gasteiger partial charge in [-0.3, -0.25) is 0 Å². The summed E-state index contributed by atoms with van der Waals surface area (Å²) in [5, 5.41) is 38.6. The van der Waals surface area contributed by atoms with Crippen LogP contribution < -0.4 is 19.6 Å². The van der Waals surface area contributed by atoms with Gasteiger partial charge in [-0.25, -0.2) is 0 Å². The molecule has 3 rings (SSSR count). The number of aromatic nitrogens is 2. The molecule has 4 N–H and O–H groups in total. The first-order valence-electron chi connectivity index (χ1n) is 12.1. The Balaban J connectivity index is 2.16. The molecule has 3 heterocycles. The zero-order valence-electron chi connectivity index (χ0n) is 19.2. The number of aliphatic hydroxyl groups excluding tert-OH is 4. The van der Waals surface area contributed by atoms with E-state index in [4.69, 9.17) is 9.97 Å². The fourth-order valence-corrected chi connectivity index (χ4v) is 4.63. The Kier molecular flexibility index (Phi) is 10.0. The maximum Gasteiger partial charge on any atom is 0.229 e. The van der Waals surface area contributed by atoms with Crippen molar-refractivity contribution < 1.29 is 20.4 Å². The lowest BCUT2D eigenvalue weighted by molar-refractivity contribution is 0.279. The minimum Gasteiger partial charge on any atom is -0.395 e. The number of nitrogens with zero attached hydrogens (tertiary/aromatic N) is 6. The molecule has 0 amide bonds. The summed E-state index contributed by atoms with van der Waals surface area (Å²) in [4.78, 5) is 18.3. The quantitative estimate of drug-likeness (QED) is 0.346. The van der Waals surface area contributed by atoms with Gasteiger partial charge in [-0.2, -0.15) is 9.97 Å². The molecule has 0 bridgehead atoms. The first-order valence-corrected chi connectivity index (χ1v) is 12.1. The third-order valence-corrected chi connectivity index (χ3v) is 6.23. The fourth-order valence-electron chi connectivity index (χ4n) is 4.63. The standard InChI is InChI=1S/C22H40N6O4/c29-15-11-27(12-16-30)21-19(25-7-3-1-4-8-25)20(26-9-5-2-6-10-26)23-22(24-21)28(13-17-31)14-18-32/h29-32H,1-18H2. The van der Waals surface area contributed by atoms with Gasteiger partial charge in [0.2, 0.25) is 5.95 Å². The Hall–Kier alpha value is -1.88. The Morgan fingerprint density at radius 1 is 0.594 bits per heavy atom. The van der Waals surface area contributed by atoms with Crippen LogP contribution in [0.2, 0.25) is 0 Å². The summed E-state index contributed by atoms with van der Waals surface area (Å²) in [5.74, 6) is 2.06. The molecule has 2 aliphatic heterocycles. The molecule has 10 heteroatoms. The van der Waals surface area contributed by atoms with Crippen LogP contribution in [0.3, 0.4) is 0 Å². The normalized spacial score (nSPS) is 17.0. The largest absolute Gasteiger partial charge is 0.395 e. The molecule has 32 heavy (non-hydrogen) atoms. The Morgan fingerprint density at radius 3 is 1.56 bits per heavy atom. The van der Waals surface area contributed by atoms with Gasteiger partial charge in [-0.1, -0.05) is 0 Å². The molecule has 2 saturated heterocycles. The molecule has 10 nitrogen and oxygen atoms in total. The molecule has 1 aromatic heterocycles. The molecule has 0 saturated carbocycles. The molecule has 0 spiro atoms. The van der Waals surface area contributed by atoms with Gasteiger partial charge < -0.3 is 40.0 Å². The van der Waals surface area contributed by atoms with Crippen molar-refractivity contribution in [3.63, 3.8) is 0 Å². The summed E-state index contributed by atoms with van der Waals surface area (Å²) in [6, 6.07) is 0. The molecule has 0 atom stereocenters. The third kappa shape index (κ3) is 6.12. The van der Waals surface area contributed by atoms with Crippen molar-refractivity contribution in [1.29, 1.82) is 0 Å². The summed E-state index contributed by atoms with van der Waals surface area (Å²) >= 11 is 0. The summed E-state index contributed by atoms with van der Waals surface area (Å²) in [6.45, 7) is 4.85. The van der Waals surface area contributed by atoms with Crippen molar-refractivity contribution in [2.24, 2.45) is 0 Å². The average Bonchev–Trinajstić information content (AvgIpc) is 2.84. The van der Waals surface area contributed by atoms with Crippen LogP contribution in [0.4, 0.5) is 23.3 Å². The zero-order valence-corrected chi connectivity index (χ0v) is 19.2. The Labute approximate surface area is 191 Å². The second-order valence-electron chi connectivity index (χ2n) is 8.48. The predicted molar refractivity (Wildman–Crippen MR) is 127 cm³/mol. The van der Waals surface area contributed by atoms with Gasteiger partial charge in [0.25, 0.3) is 0 Å². The Morgan fingerprint density at radius 2 is 1.06 bits per heavy atom. The number of rotatable bonds is 12. The van der Waals surface area contributed by atoms with Gasteiger partial charge in [0, 0.05) is 52.4 Å². The van der Waals surface area contributed by atoms with Crippen LogP contribution in [0.5, 0.6) is 0 Å². The number of piperidine rings is 2. The Bertz CT molecular complexity index is 671. The topological polar surface area (TPSA) is 120 Å². The number of hydrogen-bond acceptors (Lipinski definition) is 10. The summed E-state index contributed by atoms with van der Waals surface area (Å²) in [6.07, 6.45) is 6.87. The molecule has 0 aliphatic carbocycles. The second-order valence-corrected chi connectivity index (χ2v) is 8.48. The molecule has 0 aromatic carbocycles. The van der Waals surface area contributed by atoms with E-state index in [1.807, 2.05) is 4.90 Å². The molecule has 0 unspecified atom stereocenters. The highest BCUT2D eigenvalue weighted by atomic mass is 16.3. The monoisotopic (exact) mass is 452 g/mol. The van der Waals surface area contributed by atoms with E-state index in [-0.39, 0.29) is 26.4 Å². The molecular weight excluding hydrogens is 412 g/mol. The van der Waals surface area contributed by atoms with Crippen LogP contribution in [0.25, 0.3) is 0 Å². The lowest BCUT2D eigenvalue weighted by Gasteiger charge is -2.38. The van der Waals surface area contributed by atoms with Crippen LogP contribution in [0, 0.1) is 0 Å². The van der Waals surface area contributed by atoms with E-state index < -0.39 is 0 Å². The molecule has 182 valence electrons. The number of anilines is 4. The predicted octanol–water partition coefficient (Wildman–Crippen LogP) is 0.0392. The number of hydrogen-bond donors (Lipinski definition) is 4. The summed E-state index contributed by atoms with van der Waals surface area (Å²) in [7, 11) is 0. The van der Waals surface area contributed by atoms with Crippen molar-refractivity contribution in [1.82, 2.24) is 9.97 Å². The average molecular weight is 453 g/mol. The van der Waals surface area contributed by atoms with Crippen molar-refractivity contribution in [3.05, 3.63) is 0 Å². The van der Waals surface area contributed by atoms with Crippen molar-refractivity contribution in [2.45, 2.75) is 38.5 Å². The fraction of sp³-hybridized carbons (Fsp3) is 0.818. The van der Waals surface area contributed by atoms with E-state index in [2.05, 4.69) is 9.80 Å². The van der Waals surface area contributed by atoms with E-state index >= 15 is 0 Å². The lowest BCUT2D eigenvalue weighted by Crippen LogP contribution is -2.40. The van der Waals surface area contributed by atoms with E-state index in [1.54, 1.807) is 4.90 Å². The van der Waals surface area contributed by atoms with E-state index in [9.17, 15) is 20.4 Å². The van der Waals surface area contributed by atoms with Gasteiger partial charge in [-0.05, 0) is 38.5 Å². The van der Waals surface area contributed by atoms with Gasteiger partial charge >= 0.3 is 0 Å². The molecule has 0 radical (unpaired) electrons. The first-order chi connectivity index (χ1) is 15.7.